The molecule has 3 atom stereocenters. The third-order valence-corrected chi connectivity index (χ3v) is 5.40. The predicted octanol–water partition coefficient (Wildman–Crippen LogP) is 2.08. The first-order valence-corrected chi connectivity index (χ1v) is 8.93. The summed E-state index contributed by atoms with van der Waals surface area (Å²) in [4.78, 5) is 26.3. The molecule has 0 aromatic heterocycles. The number of carbonyl (C=O) groups is 2. The molecule has 2 aliphatic rings. The molecule has 2 heterocycles. The van der Waals surface area contributed by atoms with E-state index in [1.54, 1.807) is 18.0 Å². The number of likely N-dealkylation sites (tertiary alicyclic amines) is 1. The number of halogens is 1. The van der Waals surface area contributed by atoms with Gasteiger partial charge in [-0.3, -0.25) is 14.5 Å². The molecule has 2 aliphatic heterocycles. The number of carboxylic acids is 1. The molecule has 0 bridgehead atoms. The van der Waals surface area contributed by atoms with Crippen LogP contribution in [-0.2, 0) is 14.3 Å². The zero-order valence-electron chi connectivity index (χ0n) is 14.2. The van der Waals surface area contributed by atoms with Crippen LogP contribution in [0.25, 0.3) is 0 Å². The fourth-order valence-electron chi connectivity index (χ4n) is 3.85. The quantitative estimate of drug-likeness (QED) is 0.853. The van der Waals surface area contributed by atoms with Gasteiger partial charge in [0.15, 0.2) is 0 Å². The van der Waals surface area contributed by atoms with Gasteiger partial charge in [-0.15, -0.1) is 0 Å². The van der Waals surface area contributed by atoms with Crippen molar-refractivity contribution in [1.29, 1.82) is 0 Å². The summed E-state index contributed by atoms with van der Waals surface area (Å²) in [5.41, 5.74) is 0.867. The van der Waals surface area contributed by atoms with Crippen molar-refractivity contribution in [3.8, 4) is 0 Å². The van der Waals surface area contributed by atoms with E-state index < -0.39 is 17.9 Å². The number of hydrogen-bond acceptors (Lipinski definition) is 4. The number of likely N-dealkylation sites (N-methyl/N-ethyl adjacent to an activating group) is 1. The van der Waals surface area contributed by atoms with Crippen LogP contribution in [0.4, 0.5) is 0 Å². The first kappa shape index (κ1) is 18.2. The first-order chi connectivity index (χ1) is 12.0. The predicted molar refractivity (Wildman–Crippen MR) is 93.5 cm³/mol. The molecule has 1 aromatic rings. The Labute approximate surface area is 152 Å². The third-order valence-electron chi connectivity index (χ3n) is 5.17. The van der Waals surface area contributed by atoms with Crippen molar-refractivity contribution >= 4 is 23.5 Å². The normalized spacial score (nSPS) is 28.0. The maximum absolute atomic E-state index is 12.9. The molecule has 0 spiro atoms. The Bertz CT molecular complexity index is 648. The third kappa shape index (κ3) is 3.97. The van der Waals surface area contributed by atoms with Crippen molar-refractivity contribution in [2.45, 2.75) is 37.4 Å². The molecular weight excluding hydrogens is 344 g/mol. The molecule has 1 aromatic carbocycles. The van der Waals surface area contributed by atoms with Gasteiger partial charge in [-0.1, -0.05) is 23.7 Å². The van der Waals surface area contributed by atoms with Gasteiger partial charge in [0, 0.05) is 30.3 Å². The Kier molecular flexibility index (Phi) is 5.61. The minimum absolute atomic E-state index is 0.0903. The van der Waals surface area contributed by atoms with Gasteiger partial charge in [0.2, 0.25) is 5.91 Å². The van der Waals surface area contributed by atoms with Gasteiger partial charge >= 0.3 is 5.97 Å². The maximum atomic E-state index is 12.9. The second-order valence-electron chi connectivity index (χ2n) is 6.76. The highest BCUT2D eigenvalue weighted by atomic mass is 35.5. The van der Waals surface area contributed by atoms with E-state index in [0.29, 0.717) is 18.2 Å². The largest absolute Gasteiger partial charge is 0.480 e. The molecule has 1 amide bonds. The average Bonchev–Trinajstić information content (AvgIpc) is 2.93. The lowest BCUT2D eigenvalue weighted by molar-refractivity contribution is -0.142. The number of nitrogens with one attached hydrogen (secondary N) is 1. The number of rotatable bonds is 4. The highest BCUT2D eigenvalue weighted by Crippen LogP contribution is 2.40. The van der Waals surface area contributed by atoms with Crippen molar-refractivity contribution < 1.29 is 19.4 Å². The second kappa shape index (κ2) is 7.72. The van der Waals surface area contributed by atoms with Gasteiger partial charge in [-0.25, -0.2) is 0 Å². The Balaban J connectivity index is 1.83. The standard InChI is InChI=1S/C18H23ClN2O4/c1-21-15(18(23)24)10-14(16(21)11-3-2-4-12(19)9-11)17(22)20-13-5-7-25-8-6-13/h2-4,9,13-16H,5-8,10H2,1H3,(H,20,22)(H,23,24)/t14-,15-,16-/m0/s1. The number of carboxylic acid groups (broad SMARTS) is 1. The van der Waals surface area contributed by atoms with E-state index in [0.717, 1.165) is 18.4 Å². The zero-order valence-corrected chi connectivity index (χ0v) is 14.9. The second-order valence-corrected chi connectivity index (χ2v) is 7.19. The lowest BCUT2D eigenvalue weighted by Gasteiger charge is -2.29. The Morgan fingerprint density at radius 3 is 2.68 bits per heavy atom. The Hall–Kier alpha value is -1.63. The van der Waals surface area contributed by atoms with Crippen LogP contribution in [0.5, 0.6) is 0 Å². The highest BCUT2D eigenvalue weighted by Gasteiger charge is 2.46. The number of hydrogen-bond donors (Lipinski definition) is 2. The van der Waals surface area contributed by atoms with Gasteiger partial charge < -0.3 is 15.2 Å². The van der Waals surface area contributed by atoms with E-state index in [2.05, 4.69) is 5.32 Å². The van der Waals surface area contributed by atoms with Crippen LogP contribution in [0.3, 0.4) is 0 Å². The molecule has 2 N–H and O–H groups in total. The lowest BCUT2D eigenvalue weighted by Crippen LogP contribution is -2.43. The molecular formula is C18H23ClN2O4. The summed E-state index contributed by atoms with van der Waals surface area (Å²) in [5, 5.41) is 13.2. The van der Waals surface area contributed by atoms with E-state index >= 15 is 0 Å². The van der Waals surface area contributed by atoms with Crippen LogP contribution < -0.4 is 5.32 Å². The van der Waals surface area contributed by atoms with Crippen molar-refractivity contribution in [2.75, 3.05) is 20.3 Å². The number of benzene rings is 1. The summed E-state index contributed by atoms with van der Waals surface area (Å²) in [6.07, 6.45) is 1.87. The summed E-state index contributed by atoms with van der Waals surface area (Å²) < 4.78 is 5.32. The number of aliphatic carboxylic acids is 1. The van der Waals surface area contributed by atoms with Crippen LogP contribution in [-0.4, -0.2) is 54.2 Å². The van der Waals surface area contributed by atoms with Crippen LogP contribution >= 0.6 is 11.6 Å². The molecule has 2 fully saturated rings. The summed E-state index contributed by atoms with van der Waals surface area (Å²) in [6.45, 7) is 1.29. The molecule has 2 saturated heterocycles. The summed E-state index contributed by atoms with van der Waals surface area (Å²) in [7, 11) is 1.76. The Morgan fingerprint density at radius 1 is 1.32 bits per heavy atom. The van der Waals surface area contributed by atoms with Crippen molar-refractivity contribution in [2.24, 2.45) is 5.92 Å². The van der Waals surface area contributed by atoms with Crippen LogP contribution in [0.2, 0.25) is 5.02 Å². The molecule has 0 unspecified atom stereocenters. The van der Waals surface area contributed by atoms with Gasteiger partial charge in [-0.2, -0.15) is 0 Å². The number of nitrogens with zero attached hydrogens (tertiary/aromatic N) is 1. The van der Waals surface area contributed by atoms with E-state index in [1.165, 1.54) is 0 Å². The lowest BCUT2D eigenvalue weighted by atomic mass is 9.91. The van der Waals surface area contributed by atoms with Gasteiger partial charge in [0.25, 0.3) is 0 Å². The number of amides is 1. The van der Waals surface area contributed by atoms with Crippen LogP contribution in [0.1, 0.15) is 30.9 Å². The van der Waals surface area contributed by atoms with Crippen molar-refractivity contribution in [3.63, 3.8) is 0 Å². The number of carbonyl (C=O) groups excluding carboxylic acids is 1. The van der Waals surface area contributed by atoms with Crippen LogP contribution in [0.15, 0.2) is 24.3 Å². The van der Waals surface area contributed by atoms with Gasteiger partial charge in [0.05, 0.1) is 5.92 Å². The minimum atomic E-state index is -0.907. The van der Waals surface area contributed by atoms with E-state index in [1.807, 2.05) is 18.2 Å². The smallest absolute Gasteiger partial charge is 0.320 e. The molecule has 0 aliphatic carbocycles. The fraction of sp³-hybridized carbons (Fsp3) is 0.556. The monoisotopic (exact) mass is 366 g/mol. The molecule has 25 heavy (non-hydrogen) atoms. The number of ether oxygens (including phenoxy) is 1. The Morgan fingerprint density at radius 2 is 2.04 bits per heavy atom. The van der Waals surface area contributed by atoms with E-state index in [4.69, 9.17) is 16.3 Å². The van der Waals surface area contributed by atoms with Gasteiger partial charge in [-0.05, 0) is 44.0 Å². The maximum Gasteiger partial charge on any atom is 0.320 e. The summed E-state index contributed by atoms with van der Waals surface area (Å²) >= 11 is 6.10. The van der Waals surface area contributed by atoms with Crippen LogP contribution in [0, 0.1) is 5.92 Å². The SMILES string of the molecule is CN1[C@H](C(=O)O)C[C@H](C(=O)NC2CCOCC2)[C@@H]1c1cccc(Cl)c1. The highest BCUT2D eigenvalue weighted by molar-refractivity contribution is 6.30. The average molecular weight is 367 g/mol. The molecule has 7 heteroatoms. The van der Waals surface area contributed by atoms with E-state index in [-0.39, 0.29) is 24.4 Å². The minimum Gasteiger partial charge on any atom is -0.480 e. The molecule has 0 radical (unpaired) electrons. The van der Waals surface area contributed by atoms with E-state index in [9.17, 15) is 14.7 Å². The van der Waals surface area contributed by atoms with Gasteiger partial charge in [0.1, 0.15) is 6.04 Å². The summed E-state index contributed by atoms with van der Waals surface area (Å²) in [5.74, 6) is -1.42. The zero-order chi connectivity index (χ0) is 18.0. The summed E-state index contributed by atoms with van der Waals surface area (Å²) in [6, 6.07) is 6.40. The molecule has 3 rings (SSSR count). The molecule has 136 valence electrons. The molecule has 6 nitrogen and oxygen atoms in total. The molecule has 0 saturated carbocycles. The fourth-order valence-corrected chi connectivity index (χ4v) is 4.05. The topological polar surface area (TPSA) is 78.9 Å². The first-order valence-electron chi connectivity index (χ1n) is 8.55. The van der Waals surface area contributed by atoms with Crippen molar-refractivity contribution in [1.82, 2.24) is 10.2 Å². The van der Waals surface area contributed by atoms with Crippen molar-refractivity contribution in [3.05, 3.63) is 34.9 Å².